The maximum atomic E-state index is 4.19. The van der Waals surface area contributed by atoms with Crippen LogP contribution >= 0.6 is 24.8 Å². The highest BCUT2D eigenvalue weighted by Crippen LogP contribution is 1.92. The van der Waals surface area contributed by atoms with Crippen molar-refractivity contribution in [2.75, 3.05) is 7.05 Å². The van der Waals surface area contributed by atoms with Crippen LogP contribution in [0.4, 0.5) is 0 Å². The van der Waals surface area contributed by atoms with Crippen LogP contribution < -0.4 is 5.32 Å². The van der Waals surface area contributed by atoms with E-state index in [2.05, 4.69) is 15.3 Å². The Kier molecular flexibility index (Phi) is 8.59. The quantitative estimate of drug-likeness (QED) is 0.800. The summed E-state index contributed by atoms with van der Waals surface area (Å²) < 4.78 is 0. The van der Waals surface area contributed by atoms with Gasteiger partial charge in [-0.15, -0.1) is 24.8 Å². The highest BCUT2D eigenvalue weighted by Gasteiger charge is 1.91. The lowest BCUT2D eigenvalue weighted by atomic mass is 10.4. The summed E-state index contributed by atoms with van der Waals surface area (Å²) in [5, 5.41) is 3.02. The zero-order valence-electron chi connectivity index (χ0n) is 7.07. The summed E-state index contributed by atoms with van der Waals surface area (Å²) in [7, 11) is 1.90. The van der Waals surface area contributed by atoms with Crippen molar-refractivity contribution in [2.24, 2.45) is 0 Å². The van der Waals surface area contributed by atoms with Crippen LogP contribution in [0, 0.1) is 6.92 Å². The fourth-order valence-corrected chi connectivity index (χ4v) is 0.785. The van der Waals surface area contributed by atoms with E-state index in [9.17, 15) is 0 Å². The molecule has 70 valence electrons. The van der Waals surface area contributed by atoms with Gasteiger partial charge in [-0.25, -0.2) is 9.97 Å². The summed E-state index contributed by atoms with van der Waals surface area (Å²) in [6, 6.07) is 1.91. The van der Waals surface area contributed by atoms with E-state index in [1.807, 2.05) is 20.0 Å². The molecule has 0 fully saturated rings. The summed E-state index contributed by atoms with van der Waals surface area (Å²) in [5.74, 6) is 0.827. The number of hydrogen-bond acceptors (Lipinski definition) is 3. The highest BCUT2D eigenvalue weighted by atomic mass is 35.5. The van der Waals surface area contributed by atoms with E-state index in [0.717, 1.165) is 18.1 Å². The predicted molar refractivity (Wildman–Crippen MR) is 54.0 cm³/mol. The van der Waals surface area contributed by atoms with Gasteiger partial charge in [0.1, 0.15) is 5.82 Å². The Bertz CT molecular complexity index is 218. The van der Waals surface area contributed by atoms with Gasteiger partial charge in [-0.2, -0.15) is 0 Å². The van der Waals surface area contributed by atoms with E-state index in [-0.39, 0.29) is 24.8 Å². The highest BCUT2D eigenvalue weighted by molar-refractivity contribution is 5.85. The van der Waals surface area contributed by atoms with E-state index in [1.54, 1.807) is 6.20 Å². The van der Waals surface area contributed by atoms with Gasteiger partial charge in [-0.1, -0.05) is 0 Å². The van der Waals surface area contributed by atoms with Gasteiger partial charge in [-0.3, -0.25) is 0 Å². The fourth-order valence-electron chi connectivity index (χ4n) is 0.785. The van der Waals surface area contributed by atoms with Gasteiger partial charge in [-0.05, 0) is 20.0 Å². The standard InChI is InChI=1S/C7H11N3.2ClH/c1-6-9-4-3-7(10-6)5-8-2;;/h3-4,8H,5H2,1-2H3;2*1H. The molecule has 0 aliphatic rings. The van der Waals surface area contributed by atoms with Gasteiger partial charge in [0.05, 0.1) is 5.69 Å². The molecular formula is C7H13Cl2N3. The Balaban J connectivity index is 0. The number of aromatic nitrogens is 2. The third-order valence-corrected chi connectivity index (χ3v) is 1.19. The van der Waals surface area contributed by atoms with Crippen molar-refractivity contribution < 1.29 is 0 Å². The molecule has 0 aromatic carbocycles. The van der Waals surface area contributed by atoms with Gasteiger partial charge >= 0.3 is 0 Å². The molecule has 12 heavy (non-hydrogen) atoms. The first-order valence-corrected chi connectivity index (χ1v) is 3.26. The minimum absolute atomic E-state index is 0. The van der Waals surface area contributed by atoms with Crippen molar-refractivity contribution in [1.82, 2.24) is 15.3 Å². The smallest absolute Gasteiger partial charge is 0.125 e. The largest absolute Gasteiger partial charge is 0.314 e. The molecule has 0 spiro atoms. The first-order valence-electron chi connectivity index (χ1n) is 3.26. The molecule has 5 heteroatoms. The average molecular weight is 210 g/mol. The Morgan fingerprint density at radius 3 is 2.58 bits per heavy atom. The molecule has 3 nitrogen and oxygen atoms in total. The third kappa shape index (κ3) is 4.49. The number of nitrogens with zero attached hydrogens (tertiary/aromatic N) is 2. The first kappa shape index (κ1) is 14.2. The van der Waals surface area contributed by atoms with Crippen molar-refractivity contribution in [3.63, 3.8) is 0 Å². The van der Waals surface area contributed by atoms with E-state index in [0.29, 0.717) is 0 Å². The molecule has 0 aliphatic carbocycles. The summed E-state index contributed by atoms with van der Waals surface area (Å²) in [5.41, 5.74) is 1.04. The maximum Gasteiger partial charge on any atom is 0.125 e. The van der Waals surface area contributed by atoms with Gasteiger partial charge in [0, 0.05) is 12.7 Å². The Morgan fingerprint density at radius 2 is 2.08 bits per heavy atom. The second kappa shape index (κ2) is 7.28. The molecule has 1 heterocycles. The van der Waals surface area contributed by atoms with Crippen LogP contribution in [-0.2, 0) is 6.54 Å². The van der Waals surface area contributed by atoms with Crippen LogP contribution in [-0.4, -0.2) is 17.0 Å². The third-order valence-electron chi connectivity index (χ3n) is 1.19. The Labute approximate surface area is 84.8 Å². The Hall–Kier alpha value is -0.380. The molecule has 0 radical (unpaired) electrons. The van der Waals surface area contributed by atoms with Crippen LogP contribution in [0.5, 0.6) is 0 Å². The summed E-state index contributed by atoms with van der Waals surface area (Å²) >= 11 is 0. The van der Waals surface area contributed by atoms with Gasteiger partial charge in [0.2, 0.25) is 0 Å². The van der Waals surface area contributed by atoms with Crippen molar-refractivity contribution in [3.05, 3.63) is 23.8 Å². The summed E-state index contributed by atoms with van der Waals surface area (Å²) in [4.78, 5) is 8.17. The number of hydrogen-bond donors (Lipinski definition) is 1. The molecule has 0 saturated carbocycles. The monoisotopic (exact) mass is 209 g/mol. The van der Waals surface area contributed by atoms with Crippen LogP contribution in [0.3, 0.4) is 0 Å². The number of aryl methyl sites for hydroxylation is 1. The van der Waals surface area contributed by atoms with Crippen molar-refractivity contribution in [2.45, 2.75) is 13.5 Å². The molecule has 0 saturated heterocycles. The SMILES string of the molecule is CNCc1ccnc(C)n1.Cl.Cl. The number of rotatable bonds is 2. The number of nitrogens with one attached hydrogen (secondary N) is 1. The molecule has 1 N–H and O–H groups in total. The van der Waals surface area contributed by atoms with Crippen LogP contribution in [0.1, 0.15) is 11.5 Å². The minimum atomic E-state index is 0. The molecule has 0 atom stereocenters. The Morgan fingerprint density at radius 1 is 1.42 bits per heavy atom. The number of halogens is 2. The molecule has 0 bridgehead atoms. The maximum absolute atomic E-state index is 4.19. The molecular weight excluding hydrogens is 197 g/mol. The molecule has 0 unspecified atom stereocenters. The van der Waals surface area contributed by atoms with Gasteiger partial charge in [0.15, 0.2) is 0 Å². The minimum Gasteiger partial charge on any atom is -0.314 e. The van der Waals surface area contributed by atoms with Gasteiger partial charge in [0.25, 0.3) is 0 Å². The van der Waals surface area contributed by atoms with E-state index in [4.69, 9.17) is 0 Å². The van der Waals surface area contributed by atoms with Crippen LogP contribution in [0.15, 0.2) is 12.3 Å². The lowest BCUT2D eigenvalue weighted by Crippen LogP contribution is -2.07. The van der Waals surface area contributed by atoms with Gasteiger partial charge < -0.3 is 5.32 Å². The zero-order chi connectivity index (χ0) is 7.40. The lowest BCUT2D eigenvalue weighted by molar-refractivity contribution is 0.778. The topological polar surface area (TPSA) is 37.8 Å². The lowest BCUT2D eigenvalue weighted by Gasteiger charge is -1.97. The second-order valence-electron chi connectivity index (χ2n) is 2.13. The van der Waals surface area contributed by atoms with E-state index in [1.165, 1.54) is 0 Å². The molecule has 1 rings (SSSR count). The molecule has 0 amide bonds. The molecule has 1 aromatic heterocycles. The molecule has 1 aromatic rings. The predicted octanol–water partition coefficient (Wildman–Crippen LogP) is 1.35. The first-order chi connectivity index (χ1) is 4.83. The zero-order valence-corrected chi connectivity index (χ0v) is 8.71. The molecule has 0 aliphatic heterocycles. The summed E-state index contributed by atoms with van der Waals surface area (Å²) in [6.45, 7) is 2.70. The van der Waals surface area contributed by atoms with Crippen molar-refractivity contribution in [1.29, 1.82) is 0 Å². The second-order valence-corrected chi connectivity index (χ2v) is 2.13. The summed E-state index contributed by atoms with van der Waals surface area (Å²) in [6.07, 6.45) is 1.77. The normalized spacial score (nSPS) is 8.17. The van der Waals surface area contributed by atoms with Crippen molar-refractivity contribution in [3.8, 4) is 0 Å². The average Bonchev–Trinajstić information content (AvgIpc) is 1.88. The van der Waals surface area contributed by atoms with Crippen LogP contribution in [0.2, 0.25) is 0 Å². The van der Waals surface area contributed by atoms with E-state index < -0.39 is 0 Å². The van der Waals surface area contributed by atoms with Crippen LogP contribution in [0.25, 0.3) is 0 Å². The van der Waals surface area contributed by atoms with Crippen molar-refractivity contribution >= 4 is 24.8 Å². The van der Waals surface area contributed by atoms with E-state index >= 15 is 0 Å². The fraction of sp³-hybridized carbons (Fsp3) is 0.429.